The van der Waals surface area contributed by atoms with Crippen molar-refractivity contribution in [1.29, 1.82) is 0 Å². The smallest absolute Gasteiger partial charge is 0.255 e. The van der Waals surface area contributed by atoms with Gasteiger partial charge in [0.05, 0.1) is 5.56 Å². The van der Waals surface area contributed by atoms with Crippen LogP contribution in [0.2, 0.25) is 0 Å². The molecule has 2 rings (SSSR count). The summed E-state index contributed by atoms with van der Waals surface area (Å²) in [4.78, 5) is 11.8. The molecule has 1 aromatic carbocycles. The SMILES string of the molecule is O=C(N[C@@H]1C=C[C@H](CO)C1)c1ccccc1O. The number of aliphatic hydroxyl groups is 1. The third-order valence-corrected chi connectivity index (χ3v) is 2.87. The normalized spacial score (nSPS) is 22.6. The molecule has 1 aromatic rings. The summed E-state index contributed by atoms with van der Waals surface area (Å²) in [6.45, 7) is 0.0967. The van der Waals surface area contributed by atoms with Gasteiger partial charge in [0.25, 0.3) is 5.91 Å². The summed E-state index contributed by atoms with van der Waals surface area (Å²) < 4.78 is 0. The lowest BCUT2D eigenvalue weighted by atomic mass is 10.1. The van der Waals surface area contributed by atoms with Crippen molar-refractivity contribution in [3.05, 3.63) is 42.0 Å². The van der Waals surface area contributed by atoms with Crippen molar-refractivity contribution in [2.24, 2.45) is 5.92 Å². The van der Waals surface area contributed by atoms with Crippen LogP contribution in [-0.4, -0.2) is 28.8 Å². The Morgan fingerprint density at radius 2 is 2.12 bits per heavy atom. The van der Waals surface area contributed by atoms with Crippen LogP contribution in [0.3, 0.4) is 0 Å². The molecule has 0 heterocycles. The second-order valence-corrected chi connectivity index (χ2v) is 4.16. The number of aliphatic hydroxyl groups excluding tert-OH is 1. The third kappa shape index (κ3) is 2.65. The number of nitrogens with one attached hydrogen (secondary N) is 1. The Kier molecular flexibility index (Phi) is 3.44. The number of carbonyl (C=O) groups is 1. The zero-order valence-electron chi connectivity index (χ0n) is 9.34. The highest BCUT2D eigenvalue weighted by Crippen LogP contribution is 2.19. The van der Waals surface area contributed by atoms with E-state index in [-0.39, 0.29) is 35.8 Å². The number of amides is 1. The van der Waals surface area contributed by atoms with Crippen LogP contribution in [0.5, 0.6) is 5.75 Å². The Balaban J connectivity index is 1.99. The van der Waals surface area contributed by atoms with Gasteiger partial charge in [0.2, 0.25) is 0 Å². The van der Waals surface area contributed by atoms with Gasteiger partial charge >= 0.3 is 0 Å². The highest BCUT2D eigenvalue weighted by atomic mass is 16.3. The molecule has 4 heteroatoms. The van der Waals surface area contributed by atoms with Gasteiger partial charge in [-0.25, -0.2) is 0 Å². The van der Waals surface area contributed by atoms with Gasteiger partial charge in [-0.1, -0.05) is 24.3 Å². The molecular weight excluding hydrogens is 218 g/mol. The molecule has 1 aliphatic carbocycles. The van der Waals surface area contributed by atoms with Gasteiger partial charge in [-0.2, -0.15) is 0 Å². The summed E-state index contributed by atoms with van der Waals surface area (Å²) in [7, 11) is 0. The number of phenolic OH excluding ortho intramolecular Hbond substituents is 1. The zero-order valence-corrected chi connectivity index (χ0v) is 9.34. The maximum Gasteiger partial charge on any atom is 0.255 e. The highest BCUT2D eigenvalue weighted by molar-refractivity contribution is 5.97. The lowest BCUT2D eigenvalue weighted by Crippen LogP contribution is -2.32. The minimum absolute atomic E-state index is 0.0225. The molecule has 4 nitrogen and oxygen atoms in total. The van der Waals surface area contributed by atoms with Crippen molar-refractivity contribution in [2.45, 2.75) is 12.5 Å². The van der Waals surface area contributed by atoms with Crippen molar-refractivity contribution in [3.8, 4) is 5.75 Å². The van der Waals surface area contributed by atoms with Gasteiger partial charge in [-0.3, -0.25) is 4.79 Å². The van der Waals surface area contributed by atoms with E-state index in [0.717, 1.165) is 0 Å². The minimum atomic E-state index is -0.295. The van der Waals surface area contributed by atoms with Crippen LogP contribution in [0.25, 0.3) is 0 Å². The Morgan fingerprint density at radius 3 is 2.76 bits per heavy atom. The van der Waals surface area contributed by atoms with Gasteiger partial charge in [0.15, 0.2) is 0 Å². The van der Waals surface area contributed by atoms with Crippen molar-refractivity contribution < 1.29 is 15.0 Å². The molecule has 0 bridgehead atoms. The zero-order chi connectivity index (χ0) is 12.3. The summed E-state index contributed by atoms with van der Waals surface area (Å²) in [5.41, 5.74) is 0.272. The largest absolute Gasteiger partial charge is 0.507 e. The summed E-state index contributed by atoms with van der Waals surface area (Å²) in [5.74, 6) is -0.202. The Bertz CT molecular complexity index is 442. The highest BCUT2D eigenvalue weighted by Gasteiger charge is 2.21. The van der Waals surface area contributed by atoms with E-state index in [1.807, 2.05) is 12.2 Å². The Hall–Kier alpha value is -1.81. The van der Waals surface area contributed by atoms with Crippen molar-refractivity contribution in [1.82, 2.24) is 5.32 Å². The van der Waals surface area contributed by atoms with Crippen LogP contribution in [0, 0.1) is 5.92 Å². The monoisotopic (exact) mass is 233 g/mol. The van der Waals surface area contributed by atoms with E-state index in [1.165, 1.54) is 6.07 Å². The van der Waals surface area contributed by atoms with E-state index < -0.39 is 0 Å². The van der Waals surface area contributed by atoms with Crippen molar-refractivity contribution in [3.63, 3.8) is 0 Å². The lowest BCUT2D eigenvalue weighted by molar-refractivity contribution is 0.0938. The number of hydrogen-bond donors (Lipinski definition) is 3. The molecule has 0 saturated carbocycles. The van der Waals surface area contributed by atoms with Crippen LogP contribution in [-0.2, 0) is 0 Å². The number of rotatable bonds is 3. The third-order valence-electron chi connectivity index (χ3n) is 2.87. The van der Waals surface area contributed by atoms with Gasteiger partial charge in [0, 0.05) is 18.6 Å². The molecule has 2 atom stereocenters. The molecular formula is C13H15NO3. The maximum absolute atomic E-state index is 11.8. The summed E-state index contributed by atoms with van der Waals surface area (Å²) in [5, 5.41) is 21.3. The Morgan fingerprint density at radius 1 is 1.35 bits per heavy atom. The van der Waals surface area contributed by atoms with Crippen LogP contribution in [0.15, 0.2) is 36.4 Å². The first-order valence-electron chi connectivity index (χ1n) is 5.58. The van der Waals surface area contributed by atoms with Gasteiger partial charge in [-0.05, 0) is 18.6 Å². The van der Waals surface area contributed by atoms with E-state index in [2.05, 4.69) is 5.32 Å². The van der Waals surface area contributed by atoms with E-state index in [0.29, 0.717) is 6.42 Å². The number of para-hydroxylation sites is 1. The molecule has 0 radical (unpaired) electrons. The van der Waals surface area contributed by atoms with Gasteiger partial charge in [0.1, 0.15) is 5.75 Å². The van der Waals surface area contributed by atoms with Gasteiger partial charge in [-0.15, -0.1) is 0 Å². The number of carbonyl (C=O) groups excluding carboxylic acids is 1. The molecule has 0 fully saturated rings. The van der Waals surface area contributed by atoms with Crippen LogP contribution in [0.1, 0.15) is 16.8 Å². The number of aromatic hydroxyl groups is 1. The summed E-state index contributed by atoms with van der Waals surface area (Å²) >= 11 is 0. The standard InChI is InChI=1S/C13H15NO3/c15-8-9-5-6-10(7-9)14-13(17)11-3-1-2-4-12(11)16/h1-6,9-10,15-16H,7-8H2,(H,14,17)/t9-,10+/m0/s1. The first kappa shape index (κ1) is 11.7. The first-order chi connectivity index (χ1) is 8.20. The molecule has 1 amide bonds. The topological polar surface area (TPSA) is 69.6 Å². The fourth-order valence-corrected chi connectivity index (χ4v) is 1.93. The number of phenols is 1. The van der Waals surface area contributed by atoms with Crippen LogP contribution in [0.4, 0.5) is 0 Å². The fraction of sp³-hybridized carbons (Fsp3) is 0.308. The van der Waals surface area contributed by atoms with Crippen molar-refractivity contribution >= 4 is 5.91 Å². The molecule has 3 N–H and O–H groups in total. The fourth-order valence-electron chi connectivity index (χ4n) is 1.93. The second-order valence-electron chi connectivity index (χ2n) is 4.16. The predicted octanol–water partition coefficient (Wildman–Crippen LogP) is 1.06. The van der Waals surface area contributed by atoms with E-state index >= 15 is 0 Å². The van der Waals surface area contributed by atoms with E-state index in [9.17, 15) is 9.90 Å². The lowest BCUT2D eigenvalue weighted by Gasteiger charge is -2.13. The van der Waals surface area contributed by atoms with Gasteiger partial charge < -0.3 is 15.5 Å². The summed E-state index contributed by atoms with van der Waals surface area (Å²) in [6, 6.07) is 6.36. The molecule has 0 unspecified atom stereocenters. The number of hydrogen-bond acceptors (Lipinski definition) is 3. The summed E-state index contributed by atoms with van der Waals surface area (Å²) in [6.07, 6.45) is 4.48. The maximum atomic E-state index is 11.8. The average Bonchev–Trinajstić information content (AvgIpc) is 2.77. The molecule has 90 valence electrons. The number of benzene rings is 1. The second kappa shape index (κ2) is 5.01. The van der Waals surface area contributed by atoms with E-state index in [4.69, 9.17) is 5.11 Å². The first-order valence-corrected chi connectivity index (χ1v) is 5.58. The quantitative estimate of drug-likeness (QED) is 0.684. The Labute approximate surface area is 99.6 Å². The predicted molar refractivity (Wildman–Crippen MR) is 63.7 cm³/mol. The molecule has 0 spiro atoms. The molecule has 1 aliphatic rings. The average molecular weight is 233 g/mol. The van der Waals surface area contributed by atoms with Crippen molar-refractivity contribution in [2.75, 3.05) is 6.61 Å². The molecule has 0 saturated heterocycles. The minimum Gasteiger partial charge on any atom is -0.507 e. The molecule has 0 aliphatic heterocycles. The molecule has 0 aromatic heterocycles. The van der Waals surface area contributed by atoms with E-state index in [1.54, 1.807) is 18.2 Å². The molecule has 17 heavy (non-hydrogen) atoms. The van der Waals surface area contributed by atoms with Crippen LogP contribution >= 0.6 is 0 Å². The van der Waals surface area contributed by atoms with Crippen LogP contribution < -0.4 is 5.32 Å².